The van der Waals surface area contributed by atoms with Gasteiger partial charge in [-0.05, 0) is 37.6 Å². The van der Waals surface area contributed by atoms with Crippen molar-refractivity contribution in [1.82, 2.24) is 9.97 Å². The maximum atomic E-state index is 12.3. The van der Waals surface area contributed by atoms with Crippen molar-refractivity contribution in [3.05, 3.63) is 75.8 Å². The Bertz CT molecular complexity index is 966. The number of benzene rings is 1. The van der Waals surface area contributed by atoms with Gasteiger partial charge >= 0.3 is 0 Å². The van der Waals surface area contributed by atoms with Crippen molar-refractivity contribution in [2.75, 3.05) is 0 Å². The summed E-state index contributed by atoms with van der Waals surface area (Å²) in [7, 11) is 0. The van der Waals surface area contributed by atoms with E-state index < -0.39 is 0 Å². The van der Waals surface area contributed by atoms with E-state index in [1.54, 1.807) is 18.5 Å². The van der Waals surface area contributed by atoms with E-state index in [1.165, 1.54) is 0 Å². The van der Waals surface area contributed by atoms with E-state index in [4.69, 9.17) is 0 Å². The van der Waals surface area contributed by atoms with Crippen LogP contribution in [0.15, 0.2) is 53.6 Å². The van der Waals surface area contributed by atoms with Gasteiger partial charge in [-0.1, -0.05) is 23.8 Å². The third kappa shape index (κ3) is 2.77. The second kappa shape index (κ2) is 5.90. The van der Waals surface area contributed by atoms with E-state index in [1.807, 2.05) is 50.2 Å². The Hall–Kier alpha value is -3.19. The number of H-pyrrole nitrogens is 1. The summed E-state index contributed by atoms with van der Waals surface area (Å²) in [4.78, 5) is 19.2. The minimum atomic E-state index is -0.384. The van der Waals surface area contributed by atoms with E-state index >= 15 is 0 Å². The zero-order valence-corrected chi connectivity index (χ0v) is 12.9. The molecular formula is C19H15N3O. The highest BCUT2D eigenvalue weighted by atomic mass is 16.1. The molecule has 0 fully saturated rings. The number of pyridine rings is 2. The molecule has 3 rings (SSSR count). The molecule has 4 heteroatoms. The number of nitrogens with zero attached hydrogens (tertiary/aromatic N) is 2. The Labute approximate surface area is 134 Å². The first-order valence-electron chi connectivity index (χ1n) is 7.25. The molecule has 0 unspecified atom stereocenters. The number of nitrogens with one attached hydrogen (secondary N) is 1. The van der Waals surface area contributed by atoms with Gasteiger partial charge in [0.05, 0.1) is 0 Å². The summed E-state index contributed by atoms with van der Waals surface area (Å²) < 4.78 is 0. The van der Waals surface area contributed by atoms with Gasteiger partial charge in [-0.15, -0.1) is 0 Å². The van der Waals surface area contributed by atoms with Gasteiger partial charge in [-0.3, -0.25) is 9.78 Å². The predicted molar refractivity (Wildman–Crippen MR) is 89.9 cm³/mol. The Morgan fingerprint density at radius 2 is 1.96 bits per heavy atom. The van der Waals surface area contributed by atoms with Crippen LogP contribution in [0.4, 0.5) is 0 Å². The van der Waals surface area contributed by atoms with Gasteiger partial charge in [-0.2, -0.15) is 5.26 Å². The van der Waals surface area contributed by atoms with Gasteiger partial charge in [0, 0.05) is 34.8 Å². The maximum Gasteiger partial charge on any atom is 0.266 e. The van der Waals surface area contributed by atoms with Crippen LogP contribution in [0.25, 0.3) is 22.4 Å². The van der Waals surface area contributed by atoms with Gasteiger partial charge in [0.15, 0.2) is 0 Å². The first-order valence-corrected chi connectivity index (χ1v) is 7.25. The molecule has 3 aromatic rings. The van der Waals surface area contributed by atoms with Crippen molar-refractivity contribution in [3.8, 4) is 28.5 Å². The first kappa shape index (κ1) is 14.7. The Balaban J connectivity index is 2.30. The normalized spacial score (nSPS) is 10.3. The van der Waals surface area contributed by atoms with Gasteiger partial charge < -0.3 is 4.98 Å². The summed E-state index contributed by atoms with van der Waals surface area (Å²) in [5, 5.41) is 9.33. The number of aryl methyl sites for hydroxylation is 2. The minimum Gasteiger partial charge on any atom is -0.321 e. The Morgan fingerprint density at radius 1 is 1.13 bits per heavy atom. The lowest BCUT2D eigenvalue weighted by atomic mass is 9.97. The highest BCUT2D eigenvalue weighted by molar-refractivity contribution is 5.75. The number of aromatic nitrogens is 2. The predicted octanol–water partition coefficient (Wildman–Crippen LogP) is 3.59. The van der Waals surface area contributed by atoms with Gasteiger partial charge in [0.1, 0.15) is 11.6 Å². The number of aromatic amines is 1. The monoisotopic (exact) mass is 301 g/mol. The molecular weight excluding hydrogens is 286 g/mol. The molecule has 0 radical (unpaired) electrons. The number of rotatable bonds is 2. The Kier molecular flexibility index (Phi) is 3.78. The molecule has 0 amide bonds. The molecule has 0 saturated carbocycles. The molecule has 0 aliphatic heterocycles. The van der Waals surface area contributed by atoms with Crippen molar-refractivity contribution in [2.45, 2.75) is 13.8 Å². The summed E-state index contributed by atoms with van der Waals surface area (Å²) in [6.07, 6.45) is 3.32. The maximum absolute atomic E-state index is 12.3. The SMILES string of the molecule is Cc1ccc(C)c(-c2cc(-c3cccnc3)c(C#N)c(=O)[nH]2)c1. The molecule has 2 heterocycles. The first-order chi connectivity index (χ1) is 11.1. The molecule has 0 atom stereocenters. The third-order valence-electron chi connectivity index (χ3n) is 3.80. The van der Waals surface area contributed by atoms with E-state index in [-0.39, 0.29) is 11.1 Å². The zero-order chi connectivity index (χ0) is 16.4. The molecule has 4 nitrogen and oxygen atoms in total. The van der Waals surface area contributed by atoms with Crippen molar-refractivity contribution < 1.29 is 0 Å². The molecule has 112 valence electrons. The lowest BCUT2D eigenvalue weighted by molar-refractivity contribution is 1.20. The highest BCUT2D eigenvalue weighted by Crippen LogP contribution is 2.27. The number of hydrogen-bond acceptors (Lipinski definition) is 3. The van der Waals surface area contributed by atoms with E-state index in [0.29, 0.717) is 11.3 Å². The van der Waals surface area contributed by atoms with E-state index in [2.05, 4.69) is 9.97 Å². The van der Waals surface area contributed by atoms with E-state index in [0.717, 1.165) is 22.3 Å². The molecule has 0 aliphatic rings. The largest absolute Gasteiger partial charge is 0.321 e. The van der Waals surface area contributed by atoms with Crippen molar-refractivity contribution >= 4 is 0 Å². The topological polar surface area (TPSA) is 69.5 Å². The van der Waals surface area contributed by atoms with Crippen LogP contribution in [0.3, 0.4) is 0 Å². The van der Waals surface area contributed by atoms with Crippen LogP contribution >= 0.6 is 0 Å². The average Bonchev–Trinajstić information content (AvgIpc) is 2.57. The lowest BCUT2D eigenvalue weighted by Gasteiger charge is -2.10. The lowest BCUT2D eigenvalue weighted by Crippen LogP contribution is -2.13. The highest BCUT2D eigenvalue weighted by Gasteiger charge is 2.13. The van der Waals surface area contributed by atoms with Crippen LogP contribution in [-0.2, 0) is 0 Å². The second-order valence-corrected chi connectivity index (χ2v) is 5.47. The van der Waals surface area contributed by atoms with Crippen LogP contribution in [0, 0.1) is 25.2 Å². The molecule has 23 heavy (non-hydrogen) atoms. The fraction of sp³-hybridized carbons (Fsp3) is 0.105. The summed E-state index contributed by atoms with van der Waals surface area (Å²) >= 11 is 0. The summed E-state index contributed by atoms with van der Waals surface area (Å²) in [5.74, 6) is 0. The summed E-state index contributed by atoms with van der Waals surface area (Å²) in [6, 6.07) is 13.5. The molecule has 2 aromatic heterocycles. The summed E-state index contributed by atoms with van der Waals surface area (Å²) in [5.41, 5.74) is 4.90. The smallest absolute Gasteiger partial charge is 0.266 e. The fourth-order valence-electron chi connectivity index (χ4n) is 2.59. The van der Waals surface area contributed by atoms with E-state index in [9.17, 15) is 10.1 Å². The van der Waals surface area contributed by atoms with Crippen molar-refractivity contribution in [2.24, 2.45) is 0 Å². The van der Waals surface area contributed by atoms with Crippen molar-refractivity contribution in [1.29, 1.82) is 5.26 Å². The fourth-order valence-corrected chi connectivity index (χ4v) is 2.59. The quantitative estimate of drug-likeness (QED) is 0.786. The zero-order valence-electron chi connectivity index (χ0n) is 12.9. The van der Waals surface area contributed by atoms with Crippen molar-refractivity contribution in [3.63, 3.8) is 0 Å². The van der Waals surface area contributed by atoms with Gasteiger partial charge in [-0.25, -0.2) is 0 Å². The van der Waals surface area contributed by atoms with Gasteiger partial charge in [0.25, 0.3) is 5.56 Å². The molecule has 0 aliphatic carbocycles. The van der Waals surface area contributed by atoms with Gasteiger partial charge in [0.2, 0.25) is 0 Å². The molecule has 0 spiro atoms. The van der Waals surface area contributed by atoms with Crippen LogP contribution < -0.4 is 5.56 Å². The summed E-state index contributed by atoms with van der Waals surface area (Å²) in [6.45, 7) is 4.00. The van der Waals surface area contributed by atoms with Crippen LogP contribution in [0.1, 0.15) is 16.7 Å². The molecule has 1 N–H and O–H groups in total. The molecule has 1 aromatic carbocycles. The number of nitriles is 1. The number of hydrogen-bond donors (Lipinski definition) is 1. The average molecular weight is 301 g/mol. The van der Waals surface area contributed by atoms with Crippen LogP contribution in [0.2, 0.25) is 0 Å². The Morgan fingerprint density at radius 3 is 2.65 bits per heavy atom. The third-order valence-corrected chi connectivity index (χ3v) is 3.80. The second-order valence-electron chi connectivity index (χ2n) is 5.47. The van der Waals surface area contributed by atoms with Crippen LogP contribution in [-0.4, -0.2) is 9.97 Å². The van der Waals surface area contributed by atoms with Crippen LogP contribution in [0.5, 0.6) is 0 Å². The molecule has 0 bridgehead atoms. The standard InChI is InChI=1S/C19H15N3O/c1-12-5-6-13(2)15(8-12)18-9-16(14-4-3-7-21-11-14)17(10-20)19(23)22-18/h3-9,11H,1-2H3,(H,22,23). The molecule has 0 saturated heterocycles. The minimum absolute atomic E-state index is 0.104.